The van der Waals surface area contributed by atoms with Gasteiger partial charge in [0.25, 0.3) is 6.43 Å². The molecule has 0 aliphatic rings. The number of pyridine rings is 1. The summed E-state index contributed by atoms with van der Waals surface area (Å²) in [6.07, 6.45) is -2.29. The minimum absolute atomic E-state index is 0.0312. The van der Waals surface area contributed by atoms with Crippen molar-refractivity contribution in [3.05, 3.63) is 27.5 Å². The Bertz CT molecular complexity index is 357. The lowest BCUT2D eigenvalue weighted by atomic mass is 10.1. The molecule has 0 atom stereocenters. The van der Waals surface area contributed by atoms with Crippen molar-refractivity contribution >= 4 is 38.1 Å². The van der Waals surface area contributed by atoms with Crippen LogP contribution >= 0.6 is 31.9 Å². The molecule has 0 saturated carbocycles. The van der Waals surface area contributed by atoms with E-state index in [-0.39, 0.29) is 22.2 Å². The summed E-state index contributed by atoms with van der Waals surface area (Å²) >= 11 is 6.08. The van der Waals surface area contributed by atoms with E-state index in [2.05, 4.69) is 36.8 Å². The average Bonchev–Trinajstić information content (AvgIpc) is 2.15. The van der Waals surface area contributed by atoms with Crippen molar-refractivity contribution in [2.75, 3.05) is 0 Å². The predicted molar refractivity (Wildman–Crippen MR) is 54.9 cm³/mol. The molecule has 1 heterocycles. The monoisotopic (exact) mass is 327 g/mol. The highest BCUT2D eigenvalue weighted by Gasteiger charge is 2.19. The Hall–Kier alpha value is -0.360. The number of aldehydes is 1. The van der Waals surface area contributed by atoms with Gasteiger partial charge < -0.3 is 0 Å². The Morgan fingerprint density at radius 2 is 2.21 bits per heavy atom. The molecule has 2 nitrogen and oxygen atoms in total. The van der Waals surface area contributed by atoms with E-state index in [0.29, 0.717) is 10.9 Å². The maximum absolute atomic E-state index is 12.6. The number of carbonyl (C=O) groups is 1. The average molecular weight is 329 g/mol. The number of carbonyl (C=O) groups excluding carboxylic acids is 1. The molecule has 0 radical (unpaired) electrons. The Morgan fingerprint density at radius 3 is 2.64 bits per heavy atom. The lowest BCUT2D eigenvalue weighted by Gasteiger charge is -2.08. The molecule has 1 aromatic heterocycles. The van der Waals surface area contributed by atoms with Crippen LogP contribution in [-0.4, -0.2) is 11.3 Å². The molecule has 0 aromatic carbocycles. The first-order chi connectivity index (χ1) is 6.60. The van der Waals surface area contributed by atoms with Gasteiger partial charge in [-0.25, -0.2) is 13.8 Å². The van der Waals surface area contributed by atoms with Crippen molar-refractivity contribution in [3.8, 4) is 0 Å². The van der Waals surface area contributed by atoms with Gasteiger partial charge in [-0.3, -0.25) is 4.79 Å². The number of alkyl halides is 3. The molecule has 0 aliphatic heterocycles. The fourth-order valence-corrected chi connectivity index (χ4v) is 1.93. The van der Waals surface area contributed by atoms with Gasteiger partial charge in [0.15, 0.2) is 6.29 Å². The molecule has 0 amide bonds. The highest BCUT2D eigenvalue weighted by Crippen LogP contribution is 2.28. The molecule has 0 aliphatic carbocycles. The van der Waals surface area contributed by atoms with Crippen molar-refractivity contribution in [1.82, 2.24) is 4.98 Å². The van der Waals surface area contributed by atoms with Gasteiger partial charge in [0, 0.05) is 10.9 Å². The third-order valence-corrected chi connectivity index (χ3v) is 2.55. The number of hydrogen-bond acceptors (Lipinski definition) is 2. The molecule has 76 valence electrons. The second-order valence-electron chi connectivity index (χ2n) is 2.45. The summed E-state index contributed by atoms with van der Waals surface area (Å²) in [5.74, 6) is 0. The molecule has 0 N–H and O–H groups in total. The molecule has 0 unspecified atom stereocenters. The van der Waals surface area contributed by atoms with Gasteiger partial charge in [-0.05, 0) is 22.0 Å². The van der Waals surface area contributed by atoms with Crippen LogP contribution in [0.5, 0.6) is 0 Å². The SMILES string of the molecule is O=Cc1cc(Br)nc(CBr)c1C(F)F. The van der Waals surface area contributed by atoms with Gasteiger partial charge in [0.2, 0.25) is 0 Å². The van der Waals surface area contributed by atoms with E-state index in [0.717, 1.165) is 0 Å². The predicted octanol–water partition coefficient (Wildman–Crippen LogP) is 3.49. The maximum Gasteiger partial charge on any atom is 0.266 e. The molecule has 14 heavy (non-hydrogen) atoms. The van der Waals surface area contributed by atoms with Crippen LogP contribution in [0.3, 0.4) is 0 Å². The quantitative estimate of drug-likeness (QED) is 0.483. The van der Waals surface area contributed by atoms with Crippen LogP contribution in [0.2, 0.25) is 0 Å². The Morgan fingerprint density at radius 1 is 1.57 bits per heavy atom. The number of halogens is 4. The van der Waals surface area contributed by atoms with Crippen molar-refractivity contribution in [2.24, 2.45) is 0 Å². The molecule has 1 aromatic rings. The molecule has 0 fully saturated rings. The normalized spacial score (nSPS) is 10.6. The van der Waals surface area contributed by atoms with Crippen LogP contribution in [0.4, 0.5) is 8.78 Å². The number of aromatic nitrogens is 1. The summed E-state index contributed by atoms with van der Waals surface area (Å²) in [4.78, 5) is 14.4. The van der Waals surface area contributed by atoms with E-state index < -0.39 is 6.43 Å². The number of nitrogens with zero attached hydrogens (tertiary/aromatic N) is 1. The van der Waals surface area contributed by atoms with E-state index >= 15 is 0 Å². The van der Waals surface area contributed by atoms with Gasteiger partial charge in [-0.2, -0.15) is 0 Å². The van der Waals surface area contributed by atoms with Crippen LogP contribution in [0.25, 0.3) is 0 Å². The fourth-order valence-electron chi connectivity index (χ4n) is 1.05. The van der Waals surface area contributed by atoms with Crippen molar-refractivity contribution in [3.63, 3.8) is 0 Å². The lowest BCUT2D eigenvalue weighted by molar-refractivity contribution is 0.110. The van der Waals surface area contributed by atoms with Gasteiger partial charge >= 0.3 is 0 Å². The van der Waals surface area contributed by atoms with Crippen LogP contribution in [0, 0.1) is 0 Å². The van der Waals surface area contributed by atoms with Gasteiger partial charge in [-0.15, -0.1) is 0 Å². The topological polar surface area (TPSA) is 30.0 Å². The van der Waals surface area contributed by atoms with E-state index in [1.54, 1.807) is 0 Å². The third kappa shape index (κ3) is 2.36. The highest BCUT2D eigenvalue weighted by molar-refractivity contribution is 9.10. The van der Waals surface area contributed by atoms with E-state index in [1.807, 2.05) is 0 Å². The zero-order valence-corrected chi connectivity index (χ0v) is 9.98. The Kier molecular flexibility index (Phi) is 4.12. The highest BCUT2D eigenvalue weighted by atomic mass is 79.9. The van der Waals surface area contributed by atoms with Crippen LogP contribution in [0.1, 0.15) is 28.0 Å². The third-order valence-electron chi connectivity index (χ3n) is 1.61. The first-order valence-electron chi connectivity index (χ1n) is 3.58. The van der Waals surface area contributed by atoms with Crippen molar-refractivity contribution in [2.45, 2.75) is 11.8 Å². The van der Waals surface area contributed by atoms with E-state index in [9.17, 15) is 13.6 Å². The lowest BCUT2D eigenvalue weighted by Crippen LogP contribution is -2.02. The largest absolute Gasteiger partial charge is 0.298 e. The first kappa shape index (κ1) is 11.7. The fraction of sp³-hybridized carbons (Fsp3) is 0.250. The van der Waals surface area contributed by atoms with E-state index in [1.165, 1.54) is 6.07 Å². The second kappa shape index (κ2) is 4.93. The Labute approximate surface area is 96.0 Å². The van der Waals surface area contributed by atoms with Crippen LogP contribution < -0.4 is 0 Å². The summed E-state index contributed by atoms with van der Waals surface area (Å²) in [5.41, 5.74) is -0.159. The molecule has 1 rings (SSSR count). The summed E-state index contributed by atoms with van der Waals surface area (Å²) in [7, 11) is 0. The summed E-state index contributed by atoms with van der Waals surface area (Å²) in [6.45, 7) is 0. The minimum atomic E-state index is -2.69. The van der Waals surface area contributed by atoms with E-state index in [4.69, 9.17) is 0 Å². The summed E-state index contributed by atoms with van der Waals surface area (Å²) < 4.78 is 25.5. The summed E-state index contributed by atoms with van der Waals surface area (Å²) in [5, 5.41) is 0.187. The number of rotatable bonds is 3. The molecule has 0 spiro atoms. The van der Waals surface area contributed by atoms with Gasteiger partial charge in [-0.1, -0.05) is 15.9 Å². The first-order valence-corrected chi connectivity index (χ1v) is 5.50. The number of hydrogen-bond donors (Lipinski definition) is 0. The minimum Gasteiger partial charge on any atom is -0.298 e. The standard InChI is InChI=1S/C8H5Br2F2NO/c9-2-5-7(8(11)12)4(3-14)1-6(10)13-5/h1,3,8H,2H2. The molecule has 0 bridgehead atoms. The van der Waals surface area contributed by atoms with Gasteiger partial charge in [0.1, 0.15) is 4.60 Å². The zero-order valence-electron chi connectivity index (χ0n) is 6.81. The smallest absolute Gasteiger partial charge is 0.266 e. The summed E-state index contributed by atoms with van der Waals surface area (Å²) in [6, 6.07) is 1.28. The molecular weight excluding hydrogens is 324 g/mol. The Balaban J connectivity index is 3.40. The maximum atomic E-state index is 12.6. The molecule has 0 saturated heterocycles. The molecule has 6 heteroatoms. The van der Waals surface area contributed by atoms with Crippen molar-refractivity contribution in [1.29, 1.82) is 0 Å². The van der Waals surface area contributed by atoms with Gasteiger partial charge in [0.05, 0.1) is 11.3 Å². The molecular formula is C8H5Br2F2NO. The van der Waals surface area contributed by atoms with Crippen LogP contribution in [0.15, 0.2) is 10.7 Å². The van der Waals surface area contributed by atoms with Crippen molar-refractivity contribution < 1.29 is 13.6 Å². The van der Waals surface area contributed by atoms with Crippen LogP contribution in [-0.2, 0) is 5.33 Å². The second-order valence-corrected chi connectivity index (χ2v) is 3.82. The zero-order chi connectivity index (χ0) is 10.7.